The van der Waals surface area contributed by atoms with Gasteiger partial charge in [0.05, 0.1) is 11.3 Å². The van der Waals surface area contributed by atoms with E-state index in [-0.39, 0.29) is 18.4 Å². The van der Waals surface area contributed by atoms with E-state index < -0.39 is 5.97 Å². The lowest BCUT2D eigenvalue weighted by Crippen LogP contribution is -2.35. The summed E-state index contributed by atoms with van der Waals surface area (Å²) in [5, 5.41) is 13.2. The number of hydrogen-bond donors (Lipinski definition) is 2. The van der Waals surface area contributed by atoms with Crippen LogP contribution < -0.4 is 5.32 Å². The van der Waals surface area contributed by atoms with Crippen molar-refractivity contribution in [3.63, 3.8) is 0 Å². The standard InChI is InChI=1S/C11H15NO3S/c1-3-8(6-9(13)14)12-11(15)10-7(2)4-5-16-10/h4-5,8H,3,6H2,1-2H3,(H,12,15)(H,13,14). The minimum Gasteiger partial charge on any atom is -0.481 e. The molecular weight excluding hydrogens is 226 g/mol. The van der Waals surface area contributed by atoms with Gasteiger partial charge in [-0.2, -0.15) is 0 Å². The predicted octanol–water partition coefficient (Wildman–Crippen LogP) is 2.04. The minimum atomic E-state index is -0.893. The maximum absolute atomic E-state index is 11.8. The topological polar surface area (TPSA) is 66.4 Å². The van der Waals surface area contributed by atoms with Crippen LogP contribution in [0.5, 0.6) is 0 Å². The van der Waals surface area contributed by atoms with Crippen LogP contribution >= 0.6 is 11.3 Å². The summed E-state index contributed by atoms with van der Waals surface area (Å²) in [4.78, 5) is 23.0. The molecule has 0 aliphatic heterocycles. The SMILES string of the molecule is CCC(CC(=O)O)NC(=O)c1sccc1C. The molecule has 1 rings (SSSR count). The van der Waals surface area contributed by atoms with Crippen molar-refractivity contribution in [1.82, 2.24) is 5.32 Å². The Morgan fingerprint density at radius 1 is 1.56 bits per heavy atom. The summed E-state index contributed by atoms with van der Waals surface area (Å²) in [6.45, 7) is 3.72. The van der Waals surface area contributed by atoms with Crippen molar-refractivity contribution in [1.29, 1.82) is 0 Å². The summed E-state index contributed by atoms with van der Waals surface area (Å²) in [7, 11) is 0. The Labute approximate surface area is 98.3 Å². The number of aliphatic carboxylic acids is 1. The van der Waals surface area contributed by atoms with Crippen LogP contribution in [0.25, 0.3) is 0 Å². The van der Waals surface area contributed by atoms with Gasteiger partial charge < -0.3 is 10.4 Å². The monoisotopic (exact) mass is 241 g/mol. The van der Waals surface area contributed by atoms with Gasteiger partial charge in [-0.05, 0) is 30.4 Å². The summed E-state index contributed by atoms with van der Waals surface area (Å²) in [5.41, 5.74) is 0.924. The van der Waals surface area contributed by atoms with E-state index >= 15 is 0 Å². The third kappa shape index (κ3) is 3.34. The number of amides is 1. The van der Waals surface area contributed by atoms with Crippen molar-refractivity contribution in [2.75, 3.05) is 0 Å². The van der Waals surface area contributed by atoms with E-state index in [0.717, 1.165) is 5.56 Å². The zero-order valence-electron chi connectivity index (χ0n) is 9.32. The van der Waals surface area contributed by atoms with Crippen LogP contribution in [0, 0.1) is 6.92 Å². The molecule has 1 heterocycles. The van der Waals surface area contributed by atoms with Crippen LogP contribution in [-0.2, 0) is 4.79 Å². The average Bonchev–Trinajstić information content (AvgIpc) is 2.62. The number of carbonyl (C=O) groups is 2. The lowest BCUT2D eigenvalue weighted by molar-refractivity contribution is -0.137. The number of nitrogens with one attached hydrogen (secondary N) is 1. The Balaban J connectivity index is 2.62. The van der Waals surface area contributed by atoms with Gasteiger partial charge in [-0.25, -0.2) is 0 Å². The molecule has 0 bridgehead atoms. The highest BCUT2D eigenvalue weighted by Crippen LogP contribution is 2.15. The molecule has 1 atom stereocenters. The molecule has 0 aliphatic carbocycles. The quantitative estimate of drug-likeness (QED) is 0.829. The van der Waals surface area contributed by atoms with Gasteiger partial charge >= 0.3 is 5.97 Å². The molecule has 1 aromatic rings. The number of carboxylic acid groups (broad SMARTS) is 1. The molecular formula is C11H15NO3S. The van der Waals surface area contributed by atoms with Crippen molar-refractivity contribution in [3.05, 3.63) is 21.9 Å². The average molecular weight is 241 g/mol. The Hall–Kier alpha value is -1.36. The zero-order chi connectivity index (χ0) is 12.1. The maximum Gasteiger partial charge on any atom is 0.305 e. The summed E-state index contributed by atoms with van der Waals surface area (Å²) < 4.78 is 0. The van der Waals surface area contributed by atoms with Crippen LogP contribution in [0.2, 0.25) is 0 Å². The van der Waals surface area contributed by atoms with E-state index in [1.165, 1.54) is 11.3 Å². The zero-order valence-corrected chi connectivity index (χ0v) is 10.1. The number of carboxylic acids is 1. The molecule has 0 spiro atoms. The molecule has 5 heteroatoms. The Morgan fingerprint density at radius 3 is 2.69 bits per heavy atom. The number of thiophene rings is 1. The first-order valence-corrected chi connectivity index (χ1v) is 5.99. The number of carbonyl (C=O) groups excluding carboxylic acids is 1. The van der Waals surface area contributed by atoms with Gasteiger partial charge in [0.15, 0.2) is 0 Å². The highest BCUT2D eigenvalue weighted by atomic mass is 32.1. The molecule has 4 nitrogen and oxygen atoms in total. The molecule has 1 unspecified atom stereocenters. The molecule has 0 aromatic carbocycles. The van der Waals surface area contributed by atoms with E-state index in [1.54, 1.807) is 0 Å². The molecule has 1 aromatic heterocycles. The van der Waals surface area contributed by atoms with Gasteiger partial charge in [-0.3, -0.25) is 9.59 Å². The molecule has 0 saturated carbocycles. The third-order valence-electron chi connectivity index (χ3n) is 2.32. The summed E-state index contributed by atoms with van der Waals surface area (Å²) >= 11 is 1.37. The number of hydrogen-bond acceptors (Lipinski definition) is 3. The summed E-state index contributed by atoms with van der Waals surface area (Å²) in [6.07, 6.45) is 0.578. The summed E-state index contributed by atoms with van der Waals surface area (Å²) in [5.74, 6) is -1.07. The van der Waals surface area contributed by atoms with Gasteiger partial charge in [0.1, 0.15) is 0 Å². The second-order valence-electron chi connectivity index (χ2n) is 3.61. The van der Waals surface area contributed by atoms with Crippen LogP contribution in [0.3, 0.4) is 0 Å². The van der Waals surface area contributed by atoms with Crippen molar-refractivity contribution in [3.8, 4) is 0 Å². The first kappa shape index (κ1) is 12.7. The normalized spacial score (nSPS) is 12.1. The fourth-order valence-corrected chi connectivity index (χ4v) is 2.19. The molecule has 88 valence electrons. The van der Waals surface area contributed by atoms with E-state index in [9.17, 15) is 9.59 Å². The predicted molar refractivity (Wildman–Crippen MR) is 62.9 cm³/mol. The van der Waals surface area contributed by atoms with Crippen LogP contribution in [0.1, 0.15) is 35.0 Å². The van der Waals surface area contributed by atoms with E-state index in [4.69, 9.17) is 5.11 Å². The Bertz CT molecular complexity index is 386. The highest BCUT2D eigenvalue weighted by Gasteiger charge is 2.17. The van der Waals surface area contributed by atoms with E-state index in [1.807, 2.05) is 25.3 Å². The second kappa shape index (κ2) is 5.65. The van der Waals surface area contributed by atoms with Gasteiger partial charge in [0, 0.05) is 6.04 Å². The molecule has 0 fully saturated rings. The third-order valence-corrected chi connectivity index (χ3v) is 3.33. The van der Waals surface area contributed by atoms with E-state index in [2.05, 4.69) is 5.32 Å². The van der Waals surface area contributed by atoms with Crippen molar-refractivity contribution in [2.24, 2.45) is 0 Å². The lowest BCUT2D eigenvalue weighted by Gasteiger charge is -2.14. The number of aryl methyl sites for hydroxylation is 1. The van der Waals surface area contributed by atoms with Crippen molar-refractivity contribution < 1.29 is 14.7 Å². The molecule has 0 saturated heterocycles. The maximum atomic E-state index is 11.8. The van der Waals surface area contributed by atoms with Crippen LogP contribution in [-0.4, -0.2) is 23.0 Å². The summed E-state index contributed by atoms with van der Waals surface area (Å²) in [6, 6.07) is 1.57. The largest absolute Gasteiger partial charge is 0.481 e. The van der Waals surface area contributed by atoms with Crippen molar-refractivity contribution >= 4 is 23.2 Å². The molecule has 1 amide bonds. The lowest BCUT2D eigenvalue weighted by atomic mass is 10.1. The second-order valence-corrected chi connectivity index (χ2v) is 4.53. The Kier molecular flexibility index (Phi) is 4.49. The highest BCUT2D eigenvalue weighted by molar-refractivity contribution is 7.12. The van der Waals surface area contributed by atoms with Gasteiger partial charge in [0.25, 0.3) is 5.91 Å². The molecule has 2 N–H and O–H groups in total. The van der Waals surface area contributed by atoms with Crippen LogP contribution in [0.15, 0.2) is 11.4 Å². The molecule has 0 aliphatic rings. The fourth-order valence-electron chi connectivity index (χ4n) is 1.36. The Morgan fingerprint density at radius 2 is 2.25 bits per heavy atom. The smallest absolute Gasteiger partial charge is 0.305 e. The first-order chi connectivity index (χ1) is 7.54. The first-order valence-electron chi connectivity index (χ1n) is 5.11. The molecule has 0 radical (unpaired) electrons. The van der Waals surface area contributed by atoms with Crippen molar-refractivity contribution in [2.45, 2.75) is 32.7 Å². The van der Waals surface area contributed by atoms with Gasteiger partial charge in [0.2, 0.25) is 0 Å². The van der Waals surface area contributed by atoms with Gasteiger partial charge in [-0.1, -0.05) is 6.92 Å². The van der Waals surface area contributed by atoms with Crippen LogP contribution in [0.4, 0.5) is 0 Å². The van der Waals surface area contributed by atoms with E-state index in [0.29, 0.717) is 11.3 Å². The van der Waals surface area contributed by atoms with Gasteiger partial charge in [-0.15, -0.1) is 11.3 Å². The minimum absolute atomic E-state index is 0.0351. The molecule has 16 heavy (non-hydrogen) atoms. The number of rotatable bonds is 5. The fraction of sp³-hybridized carbons (Fsp3) is 0.455.